The Morgan fingerprint density at radius 3 is 1.77 bits per heavy atom. The number of hydrogen-bond donors (Lipinski definition) is 0. The molecule has 1 rings (SSSR count). The molecular weight excluding hydrogens is 616 g/mol. The van der Waals surface area contributed by atoms with Crippen LogP contribution in [0.5, 0.6) is 0 Å². The molecule has 2 atom stereocenters. The van der Waals surface area contributed by atoms with Gasteiger partial charge in [0.15, 0.2) is 0 Å². The van der Waals surface area contributed by atoms with E-state index in [0.717, 1.165) is 27.9 Å². The molecular formula is C14H17Br5O3. The summed E-state index contributed by atoms with van der Waals surface area (Å²) in [7, 11) is 1.67. The van der Waals surface area contributed by atoms with E-state index in [4.69, 9.17) is 14.2 Å². The highest BCUT2D eigenvalue weighted by Crippen LogP contribution is 2.44. The van der Waals surface area contributed by atoms with Crippen molar-refractivity contribution in [3.05, 3.63) is 27.9 Å². The van der Waals surface area contributed by atoms with E-state index in [0.29, 0.717) is 19.8 Å². The third kappa shape index (κ3) is 6.10. The Balaban J connectivity index is 2.59. The summed E-state index contributed by atoms with van der Waals surface area (Å²) in [4.78, 5) is 0. The Morgan fingerprint density at radius 2 is 1.27 bits per heavy atom. The maximum Gasteiger partial charge on any atom is 0.0781 e. The van der Waals surface area contributed by atoms with Crippen LogP contribution in [0.15, 0.2) is 22.4 Å². The number of methoxy groups -OCH3 is 1. The predicted octanol–water partition coefficient (Wildman–Crippen LogP) is 6.46. The van der Waals surface area contributed by atoms with Crippen molar-refractivity contribution < 1.29 is 14.2 Å². The maximum absolute atomic E-state index is 5.78. The van der Waals surface area contributed by atoms with Crippen LogP contribution in [0.4, 0.5) is 0 Å². The van der Waals surface area contributed by atoms with Gasteiger partial charge in [0.25, 0.3) is 0 Å². The highest BCUT2D eigenvalue weighted by Gasteiger charge is 2.18. The van der Waals surface area contributed by atoms with Crippen LogP contribution in [0.1, 0.15) is 19.4 Å². The third-order valence-electron chi connectivity index (χ3n) is 2.92. The summed E-state index contributed by atoms with van der Waals surface area (Å²) < 4.78 is 21.3. The van der Waals surface area contributed by atoms with Gasteiger partial charge in [-0.1, -0.05) is 0 Å². The van der Waals surface area contributed by atoms with Gasteiger partial charge in [0, 0.05) is 35.0 Å². The average molecular weight is 633 g/mol. The zero-order valence-corrected chi connectivity index (χ0v) is 20.3. The number of halogens is 5. The van der Waals surface area contributed by atoms with E-state index in [-0.39, 0.29) is 12.2 Å². The minimum absolute atomic E-state index is 0.0116. The summed E-state index contributed by atoms with van der Waals surface area (Å²) >= 11 is 17.8. The van der Waals surface area contributed by atoms with Crippen molar-refractivity contribution in [1.82, 2.24) is 0 Å². The fraction of sp³-hybridized carbons (Fsp3) is 0.571. The molecule has 0 aromatic heterocycles. The third-order valence-corrected chi connectivity index (χ3v) is 9.18. The minimum atomic E-state index is 0.0116. The first kappa shape index (κ1) is 21.5. The summed E-state index contributed by atoms with van der Waals surface area (Å²) in [5.41, 5.74) is 1.03. The first-order valence-electron chi connectivity index (χ1n) is 6.52. The molecule has 0 aliphatic heterocycles. The van der Waals surface area contributed by atoms with E-state index in [1.54, 1.807) is 7.11 Å². The summed E-state index contributed by atoms with van der Waals surface area (Å²) in [6, 6.07) is 0. The summed E-state index contributed by atoms with van der Waals surface area (Å²) in [5, 5.41) is 0. The standard InChI is InChI=1S/C14H17Br5O3/c1-7(20-3)5-22-8(2)4-21-6-9-10(15)12(17)14(19)13(18)11(9)16/h7-8H,4-6H2,1-3H3. The van der Waals surface area contributed by atoms with Crippen molar-refractivity contribution in [3.8, 4) is 0 Å². The summed E-state index contributed by atoms with van der Waals surface area (Å²) in [6.45, 7) is 5.50. The van der Waals surface area contributed by atoms with Crippen LogP contribution in [0.2, 0.25) is 0 Å². The lowest BCUT2D eigenvalue weighted by Gasteiger charge is -2.18. The lowest BCUT2D eigenvalue weighted by molar-refractivity contribution is -0.0494. The summed E-state index contributed by atoms with van der Waals surface area (Å²) in [5.74, 6) is 0. The second kappa shape index (κ2) is 10.5. The van der Waals surface area contributed by atoms with Gasteiger partial charge in [-0.2, -0.15) is 0 Å². The van der Waals surface area contributed by atoms with Crippen molar-refractivity contribution in [2.75, 3.05) is 20.3 Å². The molecule has 1 aromatic carbocycles. The molecule has 0 fully saturated rings. The largest absolute Gasteiger partial charge is 0.379 e. The van der Waals surface area contributed by atoms with Gasteiger partial charge in [-0.05, 0) is 93.5 Å². The van der Waals surface area contributed by atoms with Gasteiger partial charge in [-0.25, -0.2) is 0 Å². The zero-order valence-electron chi connectivity index (χ0n) is 12.4. The number of hydrogen-bond acceptors (Lipinski definition) is 3. The highest BCUT2D eigenvalue weighted by molar-refractivity contribution is 9.15. The molecule has 0 bridgehead atoms. The first-order chi connectivity index (χ1) is 10.3. The Bertz CT molecular complexity index is 481. The summed E-state index contributed by atoms with van der Waals surface area (Å²) in [6.07, 6.45) is 0.0987. The molecule has 22 heavy (non-hydrogen) atoms. The van der Waals surface area contributed by atoms with Gasteiger partial charge in [-0.3, -0.25) is 0 Å². The Hall–Kier alpha value is 1.50. The van der Waals surface area contributed by atoms with Crippen LogP contribution < -0.4 is 0 Å². The van der Waals surface area contributed by atoms with Crippen LogP contribution in [0.25, 0.3) is 0 Å². The Kier molecular flexibility index (Phi) is 10.3. The molecule has 0 saturated carbocycles. The SMILES string of the molecule is COC(C)COC(C)COCc1c(Br)c(Br)c(Br)c(Br)c1Br. The average Bonchev–Trinajstić information content (AvgIpc) is 2.51. The number of rotatable bonds is 8. The molecule has 3 nitrogen and oxygen atoms in total. The molecule has 0 N–H and O–H groups in total. The quantitative estimate of drug-likeness (QED) is 0.244. The molecule has 0 amide bonds. The molecule has 0 aliphatic rings. The highest BCUT2D eigenvalue weighted by atomic mass is 79.9. The van der Waals surface area contributed by atoms with Crippen LogP contribution >= 0.6 is 79.6 Å². The van der Waals surface area contributed by atoms with Gasteiger partial charge >= 0.3 is 0 Å². The van der Waals surface area contributed by atoms with Crippen molar-refractivity contribution in [2.45, 2.75) is 32.7 Å². The van der Waals surface area contributed by atoms with Gasteiger partial charge in [0.1, 0.15) is 0 Å². The van der Waals surface area contributed by atoms with Crippen molar-refractivity contribution in [3.63, 3.8) is 0 Å². The smallest absolute Gasteiger partial charge is 0.0781 e. The molecule has 0 radical (unpaired) electrons. The monoisotopic (exact) mass is 628 g/mol. The molecule has 0 saturated heterocycles. The number of benzene rings is 1. The van der Waals surface area contributed by atoms with Crippen LogP contribution in [-0.4, -0.2) is 32.5 Å². The van der Waals surface area contributed by atoms with Gasteiger partial charge in [-0.15, -0.1) is 0 Å². The Labute approximate surface area is 173 Å². The van der Waals surface area contributed by atoms with E-state index in [9.17, 15) is 0 Å². The molecule has 0 spiro atoms. The molecule has 126 valence electrons. The van der Waals surface area contributed by atoms with E-state index in [1.165, 1.54) is 0 Å². The van der Waals surface area contributed by atoms with Crippen molar-refractivity contribution in [2.24, 2.45) is 0 Å². The zero-order chi connectivity index (χ0) is 16.9. The van der Waals surface area contributed by atoms with Crippen molar-refractivity contribution in [1.29, 1.82) is 0 Å². The van der Waals surface area contributed by atoms with Gasteiger partial charge in [0.05, 0.1) is 32.0 Å². The fourth-order valence-corrected chi connectivity index (χ4v) is 4.88. The first-order valence-corrected chi connectivity index (χ1v) is 10.5. The second-order valence-electron chi connectivity index (χ2n) is 4.75. The molecule has 1 aromatic rings. The molecule has 8 heteroatoms. The molecule has 2 unspecified atom stereocenters. The van der Waals surface area contributed by atoms with Crippen LogP contribution in [0, 0.1) is 0 Å². The van der Waals surface area contributed by atoms with Gasteiger partial charge < -0.3 is 14.2 Å². The lowest BCUT2D eigenvalue weighted by atomic mass is 10.2. The van der Waals surface area contributed by atoms with Crippen LogP contribution in [0.3, 0.4) is 0 Å². The van der Waals surface area contributed by atoms with Gasteiger partial charge in [0.2, 0.25) is 0 Å². The predicted molar refractivity (Wildman–Crippen MR) is 106 cm³/mol. The molecule has 0 aliphatic carbocycles. The van der Waals surface area contributed by atoms with Crippen molar-refractivity contribution >= 4 is 79.6 Å². The van der Waals surface area contributed by atoms with Crippen LogP contribution in [-0.2, 0) is 20.8 Å². The minimum Gasteiger partial charge on any atom is -0.379 e. The van der Waals surface area contributed by atoms with E-state index in [2.05, 4.69) is 79.6 Å². The Morgan fingerprint density at radius 1 is 0.773 bits per heavy atom. The normalized spacial score (nSPS) is 14.2. The molecule has 0 heterocycles. The fourth-order valence-electron chi connectivity index (χ4n) is 1.52. The lowest BCUT2D eigenvalue weighted by Crippen LogP contribution is -2.22. The van der Waals surface area contributed by atoms with E-state index < -0.39 is 0 Å². The second-order valence-corrected chi connectivity index (χ2v) is 8.72. The topological polar surface area (TPSA) is 27.7 Å². The maximum atomic E-state index is 5.78. The van der Waals surface area contributed by atoms with E-state index >= 15 is 0 Å². The number of ether oxygens (including phenoxy) is 3. The van der Waals surface area contributed by atoms with E-state index in [1.807, 2.05) is 13.8 Å².